The van der Waals surface area contributed by atoms with Crippen molar-refractivity contribution in [2.75, 3.05) is 19.7 Å². The molecule has 1 N–H and O–H groups in total. The molecule has 0 aliphatic heterocycles. The Morgan fingerprint density at radius 3 is 2.53 bits per heavy atom. The summed E-state index contributed by atoms with van der Waals surface area (Å²) >= 11 is 0. The van der Waals surface area contributed by atoms with Crippen LogP contribution in [-0.4, -0.2) is 42.4 Å². The van der Waals surface area contributed by atoms with E-state index in [1.807, 2.05) is 6.07 Å². The zero-order valence-electron chi connectivity index (χ0n) is 16.4. The number of hydrogen-bond acceptors (Lipinski definition) is 5. The molecule has 2 aromatic carbocycles. The average Bonchev–Trinajstić information content (AvgIpc) is 3.19. The highest BCUT2D eigenvalue weighted by molar-refractivity contribution is 5.94. The molecule has 0 saturated carbocycles. The van der Waals surface area contributed by atoms with Gasteiger partial charge in [-0.05, 0) is 36.8 Å². The molecule has 0 saturated heterocycles. The molecule has 3 rings (SSSR count). The van der Waals surface area contributed by atoms with Crippen LogP contribution in [0.3, 0.4) is 0 Å². The largest absolute Gasteiger partial charge is 0.450 e. The molecule has 0 fully saturated rings. The van der Waals surface area contributed by atoms with E-state index in [1.165, 1.54) is 17.0 Å². The number of benzene rings is 2. The van der Waals surface area contributed by atoms with Gasteiger partial charge in [0, 0.05) is 18.5 Å². The van der Waals surface area contributed by atoms with E-state index in [1.54, 1.807) is 43.3 Å². The quantitative estimate of drug-likeness (QED) is 0.575. The molecule has 0 aliphatic rings. The number of para-hydroxylation sites is 1. The van der Waals surface area contributed by atoms with Crippen LogP contribution in [0.2, 0.25) is 0 Å². The molecular weight excluding hydrogens is 391 g/mol. The van der Waals surface area contributed by atoms with Crippen molar-refractivity contribution in [3.8, 4) is 0 Å². The van der Waals surface area contributed by atoms with Crippen molar-refractivity contribution < 1.29 is 27.9 Å². The van der Waals surface area contributed by atoms with Gasteiger partial charge in [-0.3, -0.25) is 9.59 Å². The molecule has 7 nitrogen and oxygen atoms in total. The van der Waals surface area contributed by atoms with Crippen LogP contribution < -0.4 is 5.32 Å². The van der Waals surface area contributed by atoms with Gasteiger partial charge in [-0.2, -0.15) is 0 Å². The van der Waals surface area contributed by atoms with Crippen molar-refractivity contribution in [3.63, 3.8) is 0 Å². The highest BCUT2D eigenvalue weighted by Crippen LogP contribution is 2.19. The first kappa shape index (κ1) is 21.0. The number of furan rings is 1. The van der Waals surface area contributed by atoms with Crippen LogP contribution in [-0.2, 0) is 20.9 Å². The lowest BCUT2D eigenvalue weighted by Crippen LogP contribution is -2.42. The van der Waals surface area contributed by atoms with Crippen LogP contribution in [0, 0.1) is 5.82 Å². The Morgan fingerprint density at radius 1 is 1.10 bits per heavy atom. The second-order valence-electron chi connectivity index (χ2n) is 6.54. The predicted octanol–water partition coefficient (Wildman–Crippen LogP) is 2.89. The molecule has 1 heterocycles. The van der Waals surface area contributed by atoms with Crippen LogP contribution in [0.15, 0.2) is 59.0 Å². The molecular formula is C22H21FN2O5. The summed E-state index contributed by atoms with van der Waals surface area (Å²) < 4.78 is 23.4. The van der Waals surface area contributed by atoms with E-state index in [4.69, 9.17) is 9.15 Å². The first-order valence-corrected chi connectivity index (χ1v) is 9.41. The van der Waals surface area contributed by atoms with Crippen LogP contribution in [0.1, 0.15) is 23.0 Å². The van der Waals surface area contributed by atoms with Gasteiger partial charge in [-0.1, -0.05) is 30.3 Å². The molecule has 0 bridgehead atoms. The lowest BCUT2D eigenvalue weighted by atomic mass is 10.2. The normalized spacial score (nSPS) is 10.6. The predicted molar refractivity (Wildman–Crippen MR) is 107 cm³/mol. The third kappa shape index (κ3) is 5.44. The zero-order chi connectivity index (χ0) is 21.5. The lowest BCUT2D eigenvalue weighted by molar-refractivity contribution is -0.138. The third-order valence-corrected chi connectivity index (χ3v) is 4.43. The van der Waals surface area contributed by atoms with E-state index in [-0.39, 0.29) is 37.1 Å². The summed E-state index contributed by atoms with van der Waals surface area (Å²) in [5.74, 6) is -1.98. The molecule has 3 aromatic rings. The Hall–Kier alpha value is -3.68. The van der Waals surface area contributed by atoms with Gasteiger partial charge in [-0.15, -0.1) is 0 Å². The van der Waals surface area contributed by atoms with Gasteiger partial charge in [0.15, 0.2) is 6.61 Å². The van der Waals surface area contributed by atoms with E-state index in [0.29, 0.717) is 5.58 Å². The van der Waals surface area contributed by atoms with Crippen molar-refractivity contribution in [2.45, 2.75) is 13.5 Å². The highest BCUT2D eigenvalue weighted by Gasteiger charge is 2.19. The standard InChI is InChI=1S/C22H21FN2O5/c1-2-25(13-20(26)24-12-15-7-9-17(23)10-8-15)21(27)14-29-22(28)19-11-16-5-3-4-6-18(16)30-19/h3-11H,2,12-14H2,1H3,(H,24,26). The SMILES string of the molecule is CCN(CC(=O)NCc1ccc(F)cc1)C(=O)COC(=O)c1cc2ccccc2o1. The van der Waals surface area contributed by atoms with Crippen molar-refractivity contribution >= 4 is 28.8 Å². The minimum absolute atomic E-state index is 0.00379. The van der Waals surface area contributed by atoms with Crippen LogP contribution in [0.5, 0.6) is 0 Å². The smallest absolute Gasteiger partial charge is 0.374 e. The number of ether oxygens (including phenoxy) is 1. The number of amides is 2. The second kappa shape index (κ2) is 9.69. The fourth-order valence-electron chi connectivity index (χ4n) is 2.78. The minimum Gasteiger partial charge on any atom is -0.450 e. The Morgan fingerprint density at radius 2 is 1.83 bits per heavy atom. The number of nitrogens with zero attached hydrogens (tertiary/aromatic N) is 1. The van der Waals surface area contributed by atoms with E-state index < -0.39 is 18.5 Å². The fourth-order valence-corrected chi connectivity index (χ4v) is 2.78. The monoisotopic (exact) mass is 412 g/mol. The van der Waals surface area contributed by atoms with Crippen molar-refractivity contribution in [2.24, 2.45) is 0 Å². The molecule has 2 amide bonds. The molecule has 30 heavy (non-hydrogen) atoms. The van der Waals surface area contributed by atoms with Gasteiger partial charge in [-0.25, -0.2) is 9.18 Å². The molecule has 8 heteroatoms. The highest BCUT2D eigenvalue weighted by atomic mass is 19.1. The summed E-state index contributed by atoms with van der Waals surface area (Å²) in [5, 5.41) is 3.42. The van der Waals surface area contributed by atoms with Crippen molar-refractivity contribution in [1.82, 2.24) is 10.2 Å². The number of esters is 1. The molecule has 0 unspecified atom stereocenters. The number of rotatable bonds is 8. The van der Waals surface area contributed by atoms with Gasteiger partial charge in [0.1, 0.15) is 11.4 Å². The van der Waals surface area contributed by atoms with E-state index in [0.717, 1.165) is 10.9 Å². The molecule has 1 aromatic heterocycles. The van der Waals surface area contributed by atoms with Crippen LogP contribution in [0.25, 0.3) is 11.0 Å². The zero-order valence-corrected chi connectivity index (χ0v) is 16.4. The third-order valence-electron chi connectivity index (χ3n) is 4.43. The topological polar surface area (TPSA) is 88.9 Å². The summed E-state index contributed by atoms with van der Waals surface area (Å²) in [6.45, 7) is 1.51. The maximum Gasteiger partial charge on any atom is 0.374 e. The lowest BCUT2D eigenvalue weighted by Gasteiger charge is -2.20. The number of halogens is 1. The van der Waals surface area contributed by atoms with Crippen molar-refractivity contribution in [1.29, 1.82) is 0 Å². The van der Waals surface area contributed by atoms with Gasteiger partial charge < -0.3 is 19.4 Å². The summed E-state index contributed by atoms with van der Waals surface area (Å²) in [6.07, 6.45) is 0. The number of carbonyl (C=O) groups is 3. The van der Waals surface area contributed by atoms with Crippen LogP contribution >= 0.6 is 0 Å². The van der Waals surface area contributed by atoms with Gasteiger partial charge in [0.25, 0.3) is 5.91 Å². The first-order chi connectivity index (χ1) is 14.5. The van der Waals surface area contributed by atoms with Gasteiger partial charge in [0.2, 0.25) is 11.7 Å². The summed E-state index contributed by atoms with van der Waals surface area (Å²) in [5.41, 5.74) is 1.28. The fraction of sp³-hybridized carbons (Fsp3) is 0.227. The maximum absolute atomic E-state index is 12.9. The van der Waals surface area contributed by atoms with E-state index in [9.17, 15) is 18.8 Å². The Bertz CT molecular complexity index is 1010. The van der Waals surface area contributed by atoms with Gasteiger partial charge in [0.05, 0.1) is 6.54 Å². The Kier molecular flexibility index (Phi) is 6.79. The summed E-state index contributed by atoms with van der Waals surface area (Å²) in [4.78, 5) is 37.9. The number of likely N-dealkylation sites (N-methyl/N-ethyl adjacent to an activating group) is 1. The number of hydrogen-bond donors (Lipinski definition) is 1. The number of fused-ring (bicyclic) bond motifs is 1. The van der Waals surface area contributed by atoms with Crippen LogP contribution in [0.4, 0.5) is 4.39 Å². The Balaban J connectivity index is 1.48. The van der Waals surface area contributed by atoms with Gasteiger partial charge >= 0.3 is 5.97 Å². The minimum atomic E-state index is -0.753. The summed E-state index contributed by atoms with van der Waals surface area (Å²) in [6, 6.07) is 14.4. The maximum atomic E-state index is 12.9. The molecule has 0 atom stereocenters. The number of nitrogens with one attached hydrogen (secondary N) is 1. The molecule has 156 valence electrons. The van der Waals surface area contributed by atoms with E-state index in [2.05, 4.69) is 5.32 Å². The summed E-state index contributed by atoms with van der Waals surface area (Å²) in [7, 11) is 0. The molecule has 0 spiro atoms. The molecule has 0 aliphatic carbocycles. The second-order valence-corrected chi connectivity index (χ2v) is 6.54. The Labute approximate surface area is 172 Å². The molecule has 0 radical (unpaired) electrons. The first-order valence-electron chi connectivity index (χ1n) is 9.41. The van der Waals surface area contributed by atoms with E-state index >= 15 is 0 Å². The number of carbonyl (C=O) groups excluding carboxylic acids is 3. The van der Waals surface area contributed by atoms with Crippen molar-refractivity contribution in [3.05, 3.63) is 71.7 Å². The average molecular weight is 412 g/mol.